The normalized spacial score (nSPS) is 27.0. The zero-order valence-electron chi connectivity index (χ0n) is 4.65. The predicted octanol–water partition coefficient (Wildman–Crippen LogP) is 1.78. The monoisotopic (exact) mass is 210 g/mol. The van der Waals surface area contributed by atoms with Crippen LogP contribution in [-0.4, -0.2) is 11.0 Å². The molecule has 4 heteroatoms. The van der Waals surface area contributed by atoms with Crippen LogP contribution >= 0.6 is 27.5 Å². The minimum atomic E-state index is -0.424. The molecule has 0 amide bonds. The lowest BCUT2D eigenvalue weighted by Crippen LogP contribution is -2.00. The van der Waals surface area contributed by atoms with Crippen LogP contribution in [0.1, 0.15) is 6.92 Å². The van der Waals surface area contributed by atoms with Gasteiger partial charge in [0.1, 0.15) is 0 Å². The summed E-state index contributed by atoms with van der Waals surface area (Å²) in [6.45, 7) is 1.63. The molecule has 0 fully saturated rings. The SMILES string of the molecule is CC1=C(Cl)C(Br)OC1=O. The van der Waals surface area contributed by atoms with Crippen LogP contribution in [-0.2, 0) is 9.53 Å². The Morgan fingerprint density at radius 3 is 2.44 bits per heavy atom. The van der Waals surface area contributed by atoms with Crippen molar-refractivity contribution in [3.63, 3.8) is 0 Å². The summed E-state index contributed by atoms with van der Waals surface area (Å²) < 4.78 is 4.66. The van der Waals surface area contributed by atoms with Crippen LogP contribution in [0.15, 0.2) is 10.6 Å². The molecule has 50 valence electrons. The van der Waals surface area contributed by atoms with E-state index < -0.39 is 5.01 Å². The minimum Gasteiger partial charge on any atom is -0.441 e. The molecule has 1 rings (SSSR count). The molecule has 0 bridgehead atoms. The summed E-state index contributed by atoms with van der Waals surface area (Å²) in [5.74, 6) is -0.345. The fraction of sp³-hybridized carbons (Fsp3) is 0.400. The molecular formula is C5H4BrClO2. The number of carbonyl (C=O) groups excluding carboxylic acids is 1. The van der Waals surface area contributed by atoms with E-state index in [1.807, 2.05) is 0 Å². The Labute approximate surface area is 65.9 Å². The fourth-order valence-corrected chi connectivity index (χ4v) is 1.14. The van der Waals surface area contributed by atoms with E-state index in [-0.39, 0.29) is 5.97 Å². The first-order valence-corrected chi connectivity index (χ1v) is 3.63. The van der Waals surface area contributed by atoms with Crippen LogP contribution in [0.4, 0.5) is 0 Å². The second kappa shape index (κ2) is 2.31. The molecule has 0 radical (unpaired) electrons. The molecule has 0 N–H and O–H groups in total. The third-order valence-electron chi connectivity index (χ3n) is 1.07. The van der Waals surface area contributed by atoms with Crippen molar-refractivity contribution in [3.05, 3.63) is 10.6 Å². The van der Waals surface area contributed by atoms with Gasteiger partial charge in [-0.3, -0.25) is 0 Å². The summed E-state index contributed by atoms with van der Waals surface area (Å²) >= 11 is 8.65. The number of halogens is 2. The van der Waals surface area contributed by atoms with Crippen molar-refractivity contribution < 1.29 is 9.53 Å². The standard InChI is InChI=1S/C5H4BrClO2/c1-2-3(7)4(6)9-5(2)8/h4H,1H3. The Morgan fingerprint density at radius 2 is 2.33 bits per heavy atom. The van der Waals surface area contributed by atoms with Gasteiger partial charge in [0, 0.05) is 0 Å². The van der Waals surface area contributed by atoms with Crippen LogP contribution in [0.25, 0.3) is 0 Å². The van der Waals surface area contributed by atoms with Crippen molar-refractivity contribution >= 4 is 33.5 Å². The van der Waals surface area contributed by atoms with Gasteiger partial charge in [0.15, 0.2) is 5.01 Å². The fourth-order valence-electron chi connectivity index (χ4n) is 0.502. The Hall–Kier alpha value is -0.0200. The summed E-state index contributed by atoms with van der Waals surface area (Å²) in [5, 5.41) is 0.0201. The summed E-state index contributed by atoms with van der Waals surface area (Å²) in [6.07, 6.45) is 0. The van der Waals surface area contributed by atoms with Gasteiger partial charge in [-0.25, -0.2) is 4.79 Å². The largest absolute Gasteiger partial charge is 0.441 e. The Balaban J connectivity index is 2.92. The second-order valence-corrected chi connectivity index (χ2v) is 2.93. The number of ether oxygens (including phenoxy) is 1. The van der Waals surface area contributed by atoms with E-state index in [4.69, 9.17) is 11.6 Å². The second-order valence-electron chi connectivity index (χ2n) is 1.69. The number of cyclic esters (lactones) is 1. The number of hydrogen-bond donors (Lipinski definition) is 0. The quantitative estimate of drug-likeness (QED) is 0.451. The van der Waals surface area contributed by atoms with Gasteiger partial charge in [-0.05, 0) is 22.9 Å². The van der Waals surface area contributed by atoms with Crippen LogP contribution in [0.2, 0.25) is 0 Å². The van der Waals surface area contributed by atoms with Crippen molar-refractivity contribution in [1.82, 2.24) is 0 Å². The van der Waals surface area contributed by atoms with Gasteiger partial charge in [-0.15, -0.1) is 0 Å². The van der Waals surface area contributed by atoms with E-state index in [1.54, 1.807) is 6.92 Å². The average Bonchev–Trinajstić information content (AvgIpc) is 1.98. The Bertz CT molecular complexity index is 187. The number of hydrogen-bond acceptors (Lipinski definition) is 2. The predicted molar refractivity (Wildman–Crippen MR) is 37.4 cm³/mol. The molecule has 1 aliphatic heterocycles. The van der Waals surface area contributed by atoms with Crippen molar-refractivity contribution in [3.8, 4) is 0 Å². The molecule has 2 nitrogen and oxygen atoms in total. The average molecular weight is 211 g/mol. The van der Waals surface area contributed by atoms with Crippen LogP contribution in [0, 0.1) is 0 Å². The van der Waals surface area contributed by atoms with E-state index in [0.717, 1.165) is 0 Å². The van der Waals surface area contributed by atoms with Gasteiger partial charge >= 0.3 is 5.97 Å². The third-order valence-corrected chi connectivity index (χ3v) is 2.46. The summed E-state index contributed by atoms with van der Waals surface area (Å²) in [6, 6.07) is 0. The minimum absolute atomic E-state index is 0.345. The van der Waals surface area contributed by atoms with Crippen molar-refractivity contribution in [2.24, 2.45) is 0 Å². The molecule has 0 saturated heterocycles. The van der Waals surface area contributed by atoms with Crippen LogP contribution in [0.3, 0.4) is 0 Å². The molecule has 0 aromatic rings. The van der Waals surface area contributed by atoms with Gasteiger partial charge in [-0.2, -0.15) is 0 Å². The molecule has 0 aromatic carbocycles. The van der Waals surface area contributed by atoms with E-state index in [9.17, 15) is 4.79 Å². The summed E-state index contributed by atoms with van der Waals surface area (Å²) in [4.78, 5) is 10.6. The highest BCUT2D eigenvalue weighted by Gasteiger charge is 2.27. The number of alkyl halides is 1. The third kappa shape index (κ3) is 1.12. The highest BCUT2D eigenvalue weighted by Crippen LogP contribution is 2.28. The molecule has 0 aromatic heterocycles. The lowest BCUT2D eigenvalue weighted by atomic mass is 10.3. The van der Waals surface area contributed by atoms with Gasteiger partial charge in [0.05, 0.1) is 10.6 Å². The number of carbonyl (C=O) groups is 1. The van der Waals surface area contributed by atoms with Crippen LogP contribution < -0.4 is 0 Å². The maximum atomic E-state index is 10.6. The van der Waals surface area contributed by atoms with E-state index >= 15 is 0 Å². The van der Waals surface area contributed by atoms with Crippen LogP contribution in [0.5, 0.6) is 0 Å². The maximum Gasteiger partial charge on any atom is 0.336 e. The van der Waals surface area contributed by atoms with Crippen molar-refractivity contribution in [2.75, 3.05) is 0 Å². The van der Waals surface area contributed by atoms with Gasteiger partial charge in [-0.1, -0.05) is 11.6 Å². The molecule has 0 spiro atoms. The zero-order chi connectivity index (χ0) is 7.02. The first-order chi connectivity index (χ1) is 4.13. The first-order valence-electron chi connectivity index (χ1n) is 2.34. The number of rotatable bonds is 0. The Kier molecular flexibility index (Phi) is 1.82. The lowest BCUT2D eigenvalue weighted by Gasteiger charge is -1.96. The topological polar surface area (TPSA) is 26.3 Å². The maximum absolute atomic E-state index is 10.6. The molecule has 9 heavy (non-hydrogen) atoms. The molecule has 1 unspecified atom stereocenters. The molecular weight excluding hydrogens is 207 g/mol. The lowest BCUT2D eigenvalue weighted by molar-refractivity contribution is -0.136. The van der Waals surface area contributed by atoms with Crippen molar-refractivity contribution in [2.45, 2.75) is 11.9 Å². The molecule has 0 aliphatic carbocycles. The highest BCUT2D eigenvalue weighted by molar-refractivity contribution is 9.09. The van der Waals surface area contributed by atoms with Gasteiger partial charge in [0.25, 0.3) is 0 Å². The summed E-state index contributed by atoms with van der Waals surface area (Å²) in [7, 11) is 0. The first kappa shape index (κ1) is 7.09. The van der Waals surface area contributed by atoms with E-state index in [2.05, 4.69) is 20.7 Å². The highest BCUT2D eigenvalue weighted by atomic mass is 79.9. The molecule has 1 aliphatic rings. The molecule has 0 saturated carbocycles. The van der Waals surface area contributed by atoms with E-state index in [1.165, 1.54) is 0 Å². The smallest absolute Gasteiger partial charge is 0.336 e. The summed E-state index contributed by atoms with van der Waals surface area (Å²) in [5.41, 5.74) is 0.485. The zero-order valence-corrected chi connectivity index (χ0v) is 6.99. The number of esters is 1. The van der Waals surface area contributed by atoms with E-state index in [0.29, 0.717) is 10.6 Å². The molecule has 1 heterocycles. The molecule has 1 atom stereocenters. The Morgan fingerprint density at radius 1 is 1.78 bits per heavy atom. The van der Waals surface area contributed by atoms with Crippen molar-refractivity contribution in [1.29, 1.82) is 0 Å². The van der Waals surface area contributed by atoms with Gasteiger partial charge < -0.3 is 4.74 Å². The van der Waals surface area contributed by atoms with Gasteiger partial charge in [0.2, 0.25) is 0 Å².